The molecular weight excluding hydrogens is 369 g/mol. The molecule has 160 valence electrons. The molecule has 2 N–H and O–H groups in total. The van der Waals surface area contributed by atoms with Crippen LogP contribution in [0.2, 0.25) is 0 Å². The molecular formula is C21H33F3N2O2. The molecule has 1 heterocycles. The number of carbonyl (C=O) groups is 1. The third-order valence-electron chi connectivity index (χ3n) is 4.35. The zero-order valence-corrected chi connectivity index (χ0v) is 17.5. The summed E-state index contributed by atoms with van der Waals surface area (Å²) in [6.07, 6.45) is 1.89. The second-order valence-electron chi connectivity index (χ2n) is 8.10. The van der Waals surface area contributed by atoms with Gasteiger partial charge in [-0.05, 0) is 64.0 Å². The van der Waals surface area contributed by atoms with Crippen molar-refractivity contribution in [2.45, 2.75) is 72.1 Å². The molecule has 1 rings (SSSR count). The first kappa shape index (κ1) is 24.1. The average molecular weight is 403 g/mol. The number of nitrogens with one attached hydrogen (secondary N) is 2. The van der Waals surface area contributed by atoms with E-state index >= 15 is 0 Å². The van der Waals surface area contributed by atoms with Crippen molar-refractivity contribution in [3.8, 4) is 0 Å². The third-order valence-corrected chi connectivity index (χ3v) is 4.35. The lowest BCUT2D eigenvalue weighted by Crippen LogP contribution is -2.33. The number of rotatable bonds is 7. The van der Waals surface area contributed by atoms with E-state index in [4.69, 9.17) is 4.74 Å². The molecule has 1 amide bonds. The van der Waals surface area contributed by atoms with E-state index in [0.717, 1.165) is 24.6 Å². The fourth-order valence-corrected chi connectivity index (χ4v) is 2.82. The van der Waals surface area contributed by atoms with E-state index in [2.05, 4.69) is 17.6 Å². The van der Waals surface area contributed by atoms with Crippen LogP contribution in [-0.2, 0) is 4.74 Å². The molecule has 0 spiro atoms. The molecule has 1 aliphatic rings. The fourth-order valence-electron chi connectivity index (χ4n) is 2.82. The minimum atomic E-state index is -4.35. The van der Waals surface area contributed by atoms with Crippen molar-refractivity contribution in [1.29, 1.82) is 0 Å². The van der Waals surface area contributed by atoms with Crippen LogP contribution in [0.25, 0.3) is 0 Å². The Kier molecular flexibility index (Phi) is 9.11. The van der Waals surface area contributed by atoms with Gasteiger partial charge in [0.25, 0.3) is 0 Å². The van der Waals surface area contributed by atoms with Crippen LogP contribution in [0.15, 0.2) is 35.1 Å². The lowest BCUT2D eigenvalue weighted by Gasteiger charge is -2.21. The topological polar surface area (TPSA) is 50.4 Å². The largest absolute Gasteiger partial charge is 0.444 e. The predicted octanol–water partition coefficient (Wildman–Crippen LogP) is 5.63. The summed E-state index contributed by atoms with van der Waals surface area (Å²) in [4.78, 5) is 11.7. The van der Waals surface area contributed by atoms with Gasteiger partial charge < -0.3 is 15.4 Å². The number of allylic oxidation sites excluding steroid dienone is 5. The minimum Gasteiger partial charge on any atom is -0.444 e. The monoisotopic (exact) mass is 402 g/mol. The summed E-state index contributed by atoms with van der Waals surface area (Å²) in [6, 6.07) is 0. The number of hydrogen-bond acceptors (Lipinski definition) is 3. The summed E-state index contributed by atoms with van der Waals surface area (Å²) < 4.78 is 44.5. The summed E-state index contributed by atoms with van der Waals surface area (Å²) in [5.74, 6) is 0.314. The summed E-state index contributed by atoms with van der Waals surface area (Å²) in [5.41, 5.74) is 0.411. The van der Waals surface area contributed by atoms with E-state index < -0.39 is 23.4 Å². The summed E-state index contributed by atoms with van der Waals surface area (Å²) in [7, 11) is 0. The Morgan fingerprint density at radius 3 is 2.54 bits per heavy atom. The van der Waals surface area contributed by atoms with Gasteiger partial charge in [-0.3, -0.25) is 0 Å². The van der Waals surface area contributed by atoms with Crippen molar-refractivity contribution in [1.82, 2.24) is 10.6 Å². The van der Waals surface area contributed by atoms with E-state index in [-0.39, 0.29) is 0 Å². The molecule has 7 heteroatoms. The lowest BCUT2D eigenvalue weighted by atomic mass is 9.96. The van der Waals surface area contributed by atoms with Crippen LogP contribution >= 0.6 is 0 Å². The van der Waals surface area contributed by atoms with Crippen molar-refractivity contribution in [3.05, 3.63) is 35.1 Å². The third kappa shape index (κ3) is 9.33. The van der Waals surface area contributed by atoms with E-state index in [9.17, 15) is 18.0 Å². The Morgan fingerprint density at radius 1 is 1.29 bits per heavy atom. The Bertz CT molecular complexity index is 614. The maximum Gasteiger partial charge on any atom is 0.416 e. The first-order valence-electron chi connectivity index (χ1n) is 9.80. The van der Waals surface area contributed by atoms with Gasteiger partial charge >= 0.3 is 12.3 Å². The Morgan fingerprint density at radius 2 is 1.96 bits per heavy atom. The van der Waals surface area contributed by atoms with Crippen LogP contribution in [0.4, 0.5) is 18.0 Å². The zero-order chi connectivity index (χ0) is 21.4. The van der Waals surface area contributed by atoms with E-state index in [1.807, 2.05) is 27.7 Å². The molecule has 0 fully saturated rings. The van der Waals surface area contributed by atoms with Gasteiger partial charge in [0.05, 0.1) is 5.57 Å². The van der Waals surface area contributed by atoms with E-state index in [1.54, 1.807) is 0 Å². The minimum absolute atomic E-state index is 0.314. The summed E-state index contributed by atoms with van der Waals surface area (Å²) in [6.45, 7) is 10.2. The fraction of sp³-hybridized carbons (Fsp3) is 0.667. The highest BCUT2D eigenvalue weighted by Gasteiger charge is 2.32. The Hall–Kier alpha value is -1.92. The molecule has 0 radical (unpaired) electrons. The van der Waals surface area contributed by atoms with Gasteiger partial charge in [0.15, 0.2) is 0 Å². The number of alkyl halides is 3. The second-order valence-corrected chi connectivity index (χ2v) is 8.10. The van der Waals surface area contributed by atoms with Crippen LogP contribution in [0.5, 0.6) is 0 Å². The van der Waals surface area contributed by atoms with Crippen molar-refractivity contribution < 1.29 is 22.7 Å². The van der Waals surface area contributed by atoms with Gasteiger partial charge in [0.1, 0.15) is 5.60 Å². The molecule has 1 aliphatic heterocycles. The summed E-state index contributed by atoms with van der Waals surface area (Å²) in [5, 5.41) is 5.98. The number of halogens is 3. The maximum atomic E-state index is 13.1. The molecule has 28 heavy (non-hydrogen) atoms. The van der Waals surface area contributed by atoms with Gasteiger partial charge in [0, 0.05) is 18.8 Å². The zero-order valence-electron chi connectivity index (χ0n) is 17.5. The highest BCUT2D eigenvalue weighted by molar-refractivity contribution is 5.67. The van der Waals surface area contributed by atoms with E-state index in [0.29, 0.717) is 37.4 Å². The number of alkyl carbamates (subject to hydrolysis) is 1. The molecule has 0 bridgehead atoms. The highest BCUT2D eigenvalue weighted by Crippen LogP contribution is 2.30. The molecule has 0 saturated carbocycles. The number of amides is 1. The van der Waals surface area contributed by atoms with Gasteiger partial charge in [-0.15, -0.1) is 0 Å². The molecule has 1 unspecified atom stereocenters. The lowest BCUT2D eigenvalue weighted by molar-refractivity contribution is -0.0882. The first-order chi connectivity index (χ1) is 12.9. The second kappa shape index (κ2) is 10.6. The van der Waals surface area contributed by atoms with Crippen LogP contribution in [0.1, 0.15) is 60.3 Å². The van der Waals surface area contributed by atoms with Crippen molar-refractivity contribution in [2.75, 3.05) is 13.1 Å². The van der Waals surface area contributed by atoms with Crippen LogP contribution < -0.4 is 10.6 Å². The van der Waals surface area contributed by atoms with Crippen molar-refractivity contribution in [2.24, 2.45) is 5.92 Å². The number of carbonyl (C=O) groups excluding carboxylic acids is 1. The van der Waals surface area contributed by atoms with Gasteiger partial charge in [0.2, 0.25) is 0 Å². The standard InChI is InChI=1S/C21H33F3N2O2/c1-6-16-14-17(21(22,23)24)8-7-12-25-18(16)10-9-15(2)11-13-26-19(27)28-20(3,4)5/h7-8,14-15,25H,6,9-13H2,1-5H3,(H,26,27)/b8-7+,17-14+,18-16-. The van der Waals surface area contributed by atoms with Crippen molar-refractivity contribution >= 4 is 6.09 Å². The molecule has 0 aromatic heterocycles. The first-order valence-corrected chi connectivity index (χ1v) is 9.80. The smallest absolute Gasteiger partial charge is 0.416 e. The molecule has 0 aliphatic carbocycles. The van der Waals surface area contributed by atoms with Gasteiger partial charge in [-0.2, -0.15) is 13.2 Å². The number of hydrogen-bond donors (Lipinski definition) is 2. The maximum absolute atomic E-state index is 13.1. The van der Waals surface area contributed by atoms with Crippen LogP contribution in [0, 0.1) is 5.92 Å². The molecule has 4 nitrogen and oxygen atoms in total. The summed E-state index contributed by atoms with van der Waals surface area (Å²) >= 11 is 0. The molecule has 0 aromatic rings. The molecule has 1 atom stereocenters. The van der Waals surface area contributed by atoms with Crippen LogP contribution in [-0.4, -0.2) is 31.0 Å². The predicted molar refractivity (Wildman–Crippen MR) is 106 cm³/mol. The SMILES string of the molecule is CCC1=C(\CCC(C)CCNC(=O)OC(C)(C)C)NC/C=C/C(C(F)(F)F)=C\1. The quantitative estimate of drug-likeness (QED) is 0.580. The van der Waals surface area contributed by atoms with Gasteiger partial charge in [-0.25, -0.2) is 4.79 Å². The molecule has 0 aromatic carbocycles. The average Bonchev–Trinajstić information content (AvgIpc) is 2.51. The molecule has 0 saturated heterocycles. The number of ether oxygens (including phenoxy) is 1. The normalized spacial score (nSPS) is 22.2. The van der Waals surface area contributed by atoms with Gasteiger partial charge in [-0.1, -0.05) is 26.0 Å². The Labute approximate surface area is 166 Å². The van der Waals surface area contributed by atoms with Crippen LogP contribution in [0.3, 0.4) is 0 Å². The Balaban J connectivity index is 2.60. The van der Waals surface area contributed by atoms with Crippen molar-refractivity contribution in [3.63, 3.8) is 0 Å². The highest BCUT2D eigenvalue weighted by atomic mass is 19.4. The van der Waals surface area contributed by atoms with E-state index in [1.165, 1.54) is 12.2 Å².